The summed E-state index contributed by atoms with van der Waals surface area (Å²) in [6.07, 6.45) is 7.65. The Labute approximate surface area is 211 Å². The molecule has 1 aliphatic heterocycles. The third-order valence-corrected chi connectivity index (χ3v) is 8.91. The molecular weight excluding hydrogens is 480 g/mol. The van der Waals surface area contributed by atoms with Gasteiger partial charge in [0.1, 0.15) is 11.3 Å². The highest BCUT2D eigenvalue weighted by Gasteiger charge is 2.26. The van der Waals surface area contributed by atoms with Crippen LogP contribution in [0, 0.1) is 0 Å². The van der Waals surface area contributed by atoms with Crippen LogP contribution in [-0.4, -0.2) is 77.7 Å². The van der Waals surface area contributed by atoms with Gasteiger partial charge in [-0.05, 0) is 31.9 Å². The van der Waals surface area contributed by atoms with Gasteiger partial charge in [0.25, 0.3) is 0 Å². The highest BCUT2D eigenvalue weighted by atomic mass is 32.2. The molecule has 194 valence electrons. The van der Waals surface area contributed by atoms with E-state index in [0.29, 0.717) is 49.6 Å². The van der Waals surface area contributed by atoms with Crippen LogP contribution >= 0.6 is 0 Å². The molecule has 3 heterocycles. The van der Waals surface area contributed by atoms with Crippen molar-refractivity contribution in [2.45, 2.75) is 45.1 Å². The maximum absolute atomic E-state index is 12.2. The summed E-state index contributed by atoms with van der Waals surface area (Å²) in [7, 11) is -1.53. The minimum Gasteiger partial charge on any atom is -0.494 e. The van der Waals surface area contributed by atoms with E-state index in [0.717, 1.165) is 35.6 Å². The Bertz CT molecular complexity index is 1300. The Hall–Kier alpha value is -3.12. The van der Waals surface area contributed by atoms with Crippen molar-refractivity contribution in [3.05, 3.63) is 24.5 Å². The summed E-state index contributed by atoms with van der Waals surface area (Å²) in [4.78, 5) is 19.0. The van der Waals surface area contributed by atoms with Gasteiger partial charge in [-0.1, -0.05) is 19.3 Å². The molecule has 2 aromatic heterocycles. The van der Waals surface area contributed by atoms with E-state index >= 15 is 0 Å². The number of aromatic amines is 1. The molecule has 0 amide bonds. The Morgan fingerprint density at radius 2 is 1.89 bits per heavy atom. The number of anilines is 4. The number of aromatic nitrogens is 4. The van der Waals surface area contributed by atoms with Gasteiger partial charge < -0.3 is 25.3 Å². The standard InChI is InChI=1S/C24H34N8O3S/c1-3-36(33,34)32-13-11-31(12-14-32)18-9-10-19(20(15-18)35-2)28-24-29-22-21(25-16-26-22)23(30-24)27-17-7-5-4-6-8-17/h9-10,15-17H,3-8,11-14H2,1-2H3,(H3,25,26,27,28,29,30). The zero-order valence-corrected chi connectivity index (χ0v) is 21.6. The average molecular weight is 515 g/mol. The van der Waals surface area contributed by atoms with E-state index in [1.54, 1.807) is 24.7 Å². The maximum Gasteiger partial charge on any atom is 0.231 e. The maximum atomic E-state index is 12.2. The Kier molecular flexibility index (Phi) is 7.15. The average Bonchev–Trinajstić information content (AvgIpc) is 3.39. The molecule has 11 nitrogen and oxygen atoms in total. The molecule has 5 rings (SSSR count). The SMILES string of the molecule is CCS(=O)(=O)N1CCN(c2ccc(Nc3nc(NC4CCCCC4)c4[nH]cnc4n3)c(OC)c2)CC1. The van der Waals surface area contributed by atoms with Gasteiger partial charge in [-0.3, -0.25) is 0 Å². The largest absolute Gasteiger partial charge is 0.494 e. The number of nitrogens with zero attached hydrogens (tertiary/aromatic N) is 5. The van der Waals surface area contributed by atoms with Crippen molar-refractivity contribution in [3.8, 4) is 5.75 Å². The summed E-state index contributed by atoms with van der Waals surface area (Å²) in [5, 5.41) is 6.89. The first-order valence-electron chi connectivity index (χ1n) is 12.6. The van der Waals surface area contributed by atoms with Gasteiger partial charge >= 0.3 is 0 Å². The van der Waals surface area contributed by atoms with Crippen LogP contribution in [-0.2, 0) is 10.0 Å². The number of sulfonamides is 1. The third kappa shape index (κ3) is 5.19. The molecule has 1 saturated heterocycles. The van der Waals surface area contributed by atoms with Crippen molar-refractivity contribution in [1.82, 2.24) is 24.2 Å². The normalized spacial score (nSPS) is 17.9. The van der Waals surface area contributed by atoms with Gasteiger partial charge in [0.2, 0.25) is 16.0 Å². The van der Waals surface area contributed by atoms with Crippen molar-refractivity contribution in [1.29, 1.82) is 0 Å². The summed E-state index contributed by atoms with van der Waals surface area (Å²) < 4.78 is 31.6. The lowest BCUT2D eigenvalue weighted by molar-refractivity contribution is 0.385. The third-order valence-electron chi connectivity index (χ3n) is 7.03. The number of benzene rings is 1. The topological polar surface area (TPSA) is 128 Å². The molecule has 2 aliphatic rings. The molecule has 1 saturated carbocycles. The summed E-state index contributed by atoms with van der Waals surface area (Å²) in [6.45, 7) is 3.90. The Morgan fingerprint density at radius 1 is 1.11 bits per heavy atom. The first-order chi connectivity index (χ1) is 17.5. The molecule has 0 bridgehead atoms. The van der Waals surface area contributed by atoms with E-state index in [2.05, 4.69) is 30.5 Å². The van der Waals surface area contributed by atoms with Crippen LogP contribution in [0.4, 0.5) is 23.1 Å². The van der Waals surface area contributed by atoms with Gasteiger partial charge in [0.15, 0.2) is 11.5 Å². The number of imidazole rings is 1. The zero-order valence-electron chi connectivity index (χ0n) is 20.8. The fourth-order valence-corrected chi connectivity index (χ4v) is 6.03. The number of fused-ring (bicyclic) bond motifs is 1. The van der Waals surface area contributed by atoms with Gasteiger partial charge in [-0.2, -0.15) is 14.3 Å². The molecule has 2 fully saturated rings. The molecule has 3 N–H and O–H groups in total. The van der Waals surface area contributed by atoms with E-state index in [1.807, 2.05) is 18.2 Å². The number of H-pyrrole nitrogens is 1. The van der Waals surface area contributed by atoms with Crippen molar-refractivity contribution < 1.29 is 13.2 Å². The van der Waals surface area contributed by atoms with Crippen LogP contribution < -0.4 is 20.3 Å². The predicted octanol–water partition coefficient (Wildman–Crippen LogP) is 3.32. The summed E-state index contributed by atoms with van der Waals surface area (Å²) in [5.41, 5.74) is 3.13. The van der Waals surface area contributed by atoms with Gasteiger partial charge in [-0.15, -0.1) is 0 Å². The quantitative estimate of drug-likeness (QED) is 0.415. The van der Waals surface area contributed by atoms with E-state index < -0.39 is 10.0 Å². The number of ether oxygens (including phenoxy) is 1. The van der Waals surface area contributed by atoms with Crippen molar-refractivity contribution in [3.63, 3.8) is 0 Å². The van der Waals surface area contributed by atoms with Crippen LogP contribution in [0.15, 0.2) is 24.5 Å². The highest BCUT2D eigenvalue weighted by Crippen LogP contribution is 2.33. The van der Waals surface area contributed by atoms with Crippen molar-refractivity contribution in [2.24, 2.45) is 0 Å². The summed E-state index contributed by atoms with van der Waals surface area (Å²) in [5.74, 6) is 1.98. The molecular formula is C24H34N8O3S. The molecule has 36 heavy (non-hydrogen) atoms. The minimum atomic E-state index is -3.16. The number of hydrogen-bond acceptors (Lipinski definition) is 9. The number of methoxy groups -OCH3 is 1. The van der Waals surface area contributed by atoms with E-state index in [1.165, 1.54) is 19.3 Å². The van der Waals surface area contributed by atoms with E-state index in [-0.39, 0.29) is 5.75 Å². The van der Waals surface area contributed by atoms with E-state index in [4.69, 9.17) is 9.72 Å². The lowest BCUT2D eigenvalue weighted by Gasteiger charge is -2.35. The second-order valence-corrected chi connectivity index (χ2v) is 11.5. The fraction of sp³-hybridized carbons (Fsp3) is 0.542. The second kappa shape index (κ2) is 10.5. The van der Waals surface area contributed by atoms with Crippen LogP contribution in [0.25, 0.3) is 11.2 Å². The molecule has 1 aliphatic carbocycles. The first-order valence-corrected chi connectivity index (χ1v) is 14.2. The van der Waals surface area contributed by atoms with Crippen LogP contribution in [0.2, 0.25) is 0 Å². The lowest BCUT2D eigenvalue weighted by Crippen LogP contribution is -2.49. The van der Waals surface area contributed by atoms with Crippen molar-refractivity contribution in [2.75, 3.05) is 54.6 Å². The van der Waals surface area contributed by atoms with Crippen LogP contribution in [0.3, 0.4) is 0 Å². The number of piperazine rings is 1. The molecule has 0 unspecified atom stereocenters. The van der Waals surface area contributed by atoms with Gasteiger partial charge in [-0.25, -0.2) is 13.4 Å². The highest BCUT2D eigenvalue weighted by molar-refractivity contribution is 7.89. The Balaban J connectivity index is 1.33. The molecule has 0 radical (unpaired) electrons. The molecule has 0 spiro atoms. The van der Waals surface area contributed by atoms with E-state index in [9.17, 15) is 8.42 Å². The second-order valence-electron chi connectivity index (χ2n) is 9.27. The number of nitrogens with one attached hydrogen (secondary N) is 3. The number of hydrogen-bond donors (Lipinski definition) is 3. The molecule has 12 heteroatoms. The monoisotopic (exact) mass is 514 g/mol. The summed E-state index contributed by atoms with van der Waals surface area (Å²) >= 11 is 0. The van der Waals surface area contributed by atoms with Crippen LogP contribution in [0.5, 0.6) is 5.75 Å². The lowest BCUT2D eigenvalue weighted by atomic mass is 9.95. The molecule has 0 atom stereocenters. The smallest absolute Gasteiger partial charge is 0.231 e. The Morgan fingerprint density at radius 3 is 2.61 bits per heavy atom. The van der Waals surface area contributed by atoms with Gasteiger partial charge in [0.05, 0.1) is 24.9 Å². The van der Waals surface area contributed by atoms with Crippen LogP contribution in [0.1, 0.15) is 39.0 Å². The minimum absolute atomic E-state index is 0.130. The summed E-state index contributed by atoms with van der Waals surface area (Å²) in [6, 6.07) is 6.30. The first kappa shape index (κ1) is 24.6. The predicted molar refractivity (Wildman–Crippen MR) is 142 cm³/mol. The number of rotatable bonds is 8. The zero-order chi connectivity index (χ0) is 25.1. The fourth-order valence-electron chi connectivity index (χ4n) is 4.94. The molecule has 3 aromatic rings. The van der Waals surface area contributed by atoms with Crippen molar-refractivity contribution >= 4 is 44.3 Å². The molecule has 1 aromatic carbocycles. The van der Waals surface area contributed by atoms with Gasteiger partial charge in [0, 0.05) is 44.0 Å².